The summed E-state index contributed by atoms with van der Waals surface area (Å²) in [5.74, 6) is -0.0699. The second kappa shape index (κ2) is 4.52. The minimum Gasteiger partial charge on any atom is -0.469 e. The third-order valence-corrected chi connectivity index (χ3v) is 5.58. The number of rotatable bonds is 1. The molecule has 3 nitrogen and oxygen atoms in total. The predicted molar refractivity (Wildman–Crippen MR) is 70.0 cm³/mol. The summed E-state index contributed by atoms with van der Waals surface area (Å²) in [7, 11) is 1.43. The molecular weight excluding hydrogens is 228 g/mol. The van der Waals surface area contributed by atoms with Crippen LogP contribution in [-0.2, 0) is 9.53 Å². The van der Waals surface area contributed by atoms with Gasteiger partial charge in [0.05, 0.1) is 19.1 Å². The summed E-state index contributed by atoms with van der Waals surface area (Å²) in [6.07, 6.45) is 4.60. The Morgan fingerprint density at radius 1 is 1.22 bits per heavy atom. The molecule has 18 heavy (non-hydrogen) atoms. The quantitative estimate of drug-likeness (QED) is 0.732. The molecule has 0 aliphatic heterocycles. The van der Waals surface area contributed by atoms with Crippen LogP contribution in [0.5, 0.6) is 0 Å². The van der Waals surface area contributed by atoms with Crippen LogP contribution < -0.4 is 0 Å². The molecule has 0 bridgehead atoms. The first-order chi connectivity index (χ1) is 8.33. The normalized spacial score (nSPS) is 43.1. The van der Waals surface area contributed by atoms with Gasteiger partial charge in [0, 0.05) is 0 Å². The van der Waals surface area contributed by atoms with Crippen LogP contribution in [0.15, 0.2) is 0 Å². The molecule has 0 saturated heterocycles. The lowest BCUT2D eigenvalue weighted by atomic mass is 9.48. The van der Waals surface area contributed by atoms with Crippen molar-refractivity contribution in [2.45, 2.75) is 59.0 Å². The number of aliphatic hydroxyl groups is 1. The van der Waals surface area contributed by atoms with Gasteiger partial charge < -0.3 is 9.84 Å². The van der Waals surface area contributed by atoms with E-state index in [2.05, 4.69) is 20.8 Å². The van der Waals surface area contributed by atoms with Gasteiger partial charge in [-0.05, 0) is 42.4 Å². The molecule has 2 rings (SSSR count). The molecule has 2 aliphatic carbocycles. The third kappa shape index (κ3) is 1.97. The average molecular weight is 254 g/mol. The number of ether oxygens (including phenoxy) is 1. The molecule has 0 radical (unpaired) electrons. The van der Waals surface area contributed by atoms with Crippen LogP contribution in [0.3, 0.4) is 0 Å². The first-order valence-corrected chi connectivity index (χ1v) is 7.09. The van der Waals surface area contributed by atoms with Gasteiger partial charge in [0.15, 0.2) is 0 Å². The highest BCUT2D eigenvalue weighted by Crippen LogP contribution is 2.59. The maximum atomic E-state index is 12.1. The molecule has 0 aromatic heterocycles. The van der Waals surface area contributed by atoms with Gasteiger partial charge in [0.25, 0.3) is 0 Å². The van der Waals surface area contributed by atoms with Crippen molar-refractivity contribution in [2.24, 2.45) is 22.7 Å². The Labute approximate surface area is 110 Å². The molecule has 2 aliphatic rings. The van der Waals surface area contributed by atoms with E-state index in [1.807, 2.05) is 0 Å². The molecule has 1 unspecified atom stereocenters. The number of esters is 1. The van der Waals surface area contributed by atoms with E-state index in [4.69, 9.17) is 4.74 Å². The largest absolute Gasteiger partial charge is 0.469 e. The van der Waals surface area contributed by atoms with Crippen LogP contribution in [-0.4, -0.2) is 24.3 Å². The van der Waals surface area contributed by atoms with Gasteiger partial charge in [-0.2, -0.15) is 0 Å². The van der Waals surface area contributed by atoms with E-state index < -0.39 is 6.10 Å². The van der Waals surface area contributed by atoms with Gasteiger partial charge in [-0.25, -0.2) is 0 Å². The Hall–Kier alpha value is -0.570. The maximum Gasteiger partial charge on any atom is 0.311 e. The molecular formula is C15H26O3. The number of carbonyl (C=O) groups is 1. The van der Waals surface area contributed by atoms with Crippen molar-refractivity contribution < 1.29 is 14.6 Å². The van der Waals surface area contributed by atoms with Crippen molar-refractivity contribution in [2.75, 3.05) is 7.11 Å². The highest BCUT2D eigenvalue weighted by atomic mass is 16.5. The van der Waals surface area contributed by atoms with Crippen LogP contribution >= 0.6 is 0 Å². The Bertz CT molecular complexity index is 337. The van der Waals surface area contributed by atoms with Gasteiger partial charge >= 0.3 is 5.97 Å². The number of aliphatic hydroxyl groups excluding tert-OH is 1. The smallest absolute Gasteiger partial charge is 0.311 e. The monoisotopic (exact) mass is 254 g/mol. The van der Waals surface area contributed by atoms with Crippen LogP contribution in [0.1, 0.15) is 52.9 Å². The number of fused-ring (bicyclic) bond motifs is 1. The van der Waals surface area contributed by atoms with E-state index in [1.54, 1.807) is 0 Å². The van der Waals surface area contributed by atoms with E-state index in [9.17, 15) is 9.90 Å². The standard InChI is InChI=1S/C15H26O3/c1-14(2)8-5-9-15(3)11(14)7-6-10(16)12(15)13(17)18-4/h10-12,16H,5-9H2,1-4H3/t10-,11?,12-,15+/m0/s1. The minimum absolute atomic E-state index is 0.105. The second-order valence-electron chi connectivity index (χ2n) is 7.05. The lowest BCUT2D eigenvalue weighted by Crippen LogP contribution is -2.55. The van der Waals surface area contributed by atoms with Crippen molar-refractivity contribution in [3.63, 3.8) is 0 Å². The van der Waals surface area contributed by atoms with E-state index in [-0.39, 0.29) is 22.7 Å². The van der Waals surface area contributed by atoms with Crippen LogP contribution in [0.2, 0.25) is 0 Å². The van der Waals surface area contributed by atoms with Crippen molar-refractivity contribution in [3.05, 3.63) is 0 Å². The zero-order valence-electron chi connectivity index (χ0n) is 12.0. The molecule has 4 atom stereocenters. The Balaban J connectivity index is 2.37. The molecule has 1 N–H and O–H groups in total. The van der Waals surface area contributed by atoms with Crippen LogP contribution in [0.25, 0.3) is 0 Å². The second-order valence-corrected chi connectivity index (χ2v) is 7.05. The Morgan fingerprint density at radius 3 is 2.50 bits per heavy atom. The highest BCUT2D eigenvalue weighted by Gasteiger charge is 2.57. The highest BCUT2D eigenvalue weighted by molar-refractivity contribution is 5.74. The van der Waals surface area contributed by atoms with Crippen LogP contribution in [0.4, 0.5) is 0 Å². The predicted octanol–water partition coefficient (Wildman–Crippen LogP) is 2.76. The molecule has 2 saturated carbocycles. The molecule has 0 aromatic rings. The van der Waals surface area contributed by atoms with E-state index in [1.165, 1.54) is 13.5 Å². The fraction of sp³-hybridized carbons (Fsp3) is 0.933. The summed E-state index contributed by atoms with van der Waals surface area (Å²) in [6.45, 7) is 6.80. The fourth-order valence-corrected chi connectivity index (χ4v) is 4.76. The van der Waals surface area contributed by atoms with E-state index in [0.29, 0.717) is 5.92 Å². The summed E-state index contributed by atoms with van der Waals surface area (Å²) >= 11 is 0. The molecule has 104 valence electrons. The SMILES string of the molecule is COC(=O)[C@@H]1[C@@H](O)CCC2C(C)(C)CCC[C@]21C. The summed E-state index contributed by atoms with van der Waals surface area (Å²) in [4.78, 5) is 12.1. The van der Waals surface area contributed by atoms with Gasteiger partial charge in [-0.15, -0.1) is 0 Å². The summed E-state index contributed by atoms with van der Waals surface area (Å²) in [5, 5.41) is 10.2. The maximum absolute atomic E-state index is 12.1. The first-order valence-electron chi connectivity index (χ1n) is 7.09. The van der Waals surface area contributed by atoms with Gasteiger partial charge in [-0.3, -0.25) is 4.79 Å². The van der Waals surface area contributed by atoms with E-state index >= 15 is 0 Å². The first kappa shape index (κ1) is 13.9. The van der Waals surface area contributed by atoms with Crippen molar-refractivity contribution in [1.82, 2.24) is 0 Å². The molecule has 0 aromatic carbocycles. The molecule has 2 fully saturated rings. The zero-order chi connectivity index (χ0) is 13.6. The fourth-order valence-electron chi connectivity index (χ4n) is 4.76. The van der Waals surface area contributed by atoms with Crippen LogP contribution in [0, 0.1) is 22.7 Å². The third-order valence-electron chi connectivity index (χ3n) is 5.58. The number of hydrogen-bond donors (Lipinski definition) is 1. The number of hydrogen-bond acceptors (Lipinski definition) is 3. The van der Waals surface area contributed by atoms with Crippen molar-refractivity contribution >= 4 is 5.97 Å². The lowest BCUT2D eigenvalue weighted by Gasteiger charge is -2.57. The summed E-state index contributed by atoms with van der Waals surface area (Å²) in [5.41, 5.74) is 0.159. The lowest BCUT2D eigenvalue weighted by molar-refractivity contribution is -0.175. The van der Waals surface area contributed by atoms with Crippen molar-refractivity contribution in [3.8, 4) is 0 Å². The number of methoxy groups -OCH3 is 1. The zero-order valence-corrected chi connectivity index (χ0v) is 12.0. The molecule has 0 heterocycles. The summed E-state index contributed by atoms with van der Waals surface area (Å²) < 4.78 is 4.94. The minimum atomic E-state index is -0.535. The molecule has 3 heteroatoms. The topological polar surface area (TPSA) is 46.5 Å². The molecule has 0 spiro atoms. The van der Waals surface area contributed by atoms with Gasteiger partial charge in [0.1, 0.15) is 0 Å². The average Bonchev–Trinajstić information content (AvgIpc) is 2.26. The Kier molecular flexibility index (Phi) is 3.48. The number of carbonyl (C=O) groups excluding carboxylic acids is 1. The summed E-state index contributed by atoms with van der Waals surface area (Å²) in [6, 6.07) is 0. The van der Waals surface area contributed by atoms with Crippen molar-refractivity contribution in [1.29, 1.82) is 0 Å². The molecule has 0 amide bonds. The Morgan fingerprint density at radius 2 is 1.89 bits per heavy atom. The van der Waals surface area contributed by atoms with Gasteiger partial charge in [0.2, 0.25) is 0 Å². The van der Waals surface area contributed by atoms with Gasteiger partial charge in [-0.1, -0.05) is 27.2 Å². The van der Waals surface area contributed by atoms with E-state index in [0.717, 1.165) is 25.7 Å².